The molecule has 24 heavy (non-hydrogen) atoms. The Balaban J connectivity index is 2.39. The smallest absolute Gasteiger partial charge is 0.338 e. The largest absolute Gasteiger partial charge is 0.382 e. The zero-order valence-electron chi connectivity index (χ0n) is 14.7. The molecule has 1 atom stereocenters. The third-order valence-corrected chi connectivity index (χ3v) is 2.90. The molecule has 9 heteroatoms. The molecule has 0 saturated carbocycles. The van der Waals surface area contributed by atoms with Crippen molar-refractivity contribution in [3.05, 3.63) is 18.2 Å². The van der Waals surface area contributed by atoms with Crippen LogP contribution in [0, 0.1) is 0 Å². The molecule has 0 saturated heterocycles. The molecule has 0 aliphatic carbocycles. The quantitative estimate of drug-likeness (QED) is 0.526. The second-order valence-corrected chi connectivity index (χ2v) is 6.12. The number of urea groups is 1. The molecule has 3 amide bonds. The predicted octanol–water partition coefficient (Wildman–Crippen LogP) is 0.978. The van der Waals surface area contributed by atoms with Crippen molar-refractivity contribution in [1.29, 1.82) is 0 Å². The molecule has 3 N–H and O–H groups in total. The number of hydrogen-bond acceptors (Lipinski definition) is 6. The number of nitrogens with zero attached hydrogens (tertiary/aromatic N) is 2. The Hall–Kier alpha value is -2.26. The number of amides is 3. The summed E-state index contributed by atoms with van der Waals surface area (Å²) in [4.78, 5) is 31.8. The maximum absolute atomic E-state index is 11.7. The highest BCUT2D eigenvalue weighted by Crippen LogP contribution is 2.17. The normalized spacial score (nSPS) is 12.4. The van der Waals surface area contributed by atoms with E-state index in [-0.39, 0.29) is 12.0 Å². The number of methoxy groups -OCH3 is 1. The molecule has 0 radical (unpaired) electrons. The van der Waals surface area contributed by atoms with Gasteiger partial charge in [0.1, 0.15) is 11.9 Å². The van der Waals surface area contributed by atoms with Crippen molar-refractivity contribution >= 4 is 17.6 Å². The maximum atomic E-state index is 11.7. The molecule has 0 fully saturated rings. The fourth-order valence-electron chi connectivity index (χ4n) is 1.55. The second-order valence-electron chi connectivity index (χ2n) is 6.12. The highest BCUT2D eigenvalue weighted by atomic mass is 16.5. The van der Waals surface area contributed by atoms with E-state index in [0.717, 1.165) is 0 Å². The Morgan fingerprint density at radius 3 is 2.33 bits per heavy atom. The molecule has 1 aromatic heterocycles. The van der Waals surface area contributed by atoms with Gasteiger partial charge in [-0.2, -0.15) is 0 Å². The average molecular weight is 339 g/mol. The Kier molecular flexibility index (Phi) is 7.53. The maximum Gasteiger partial charge on any atom is 0.338 e. The monoisotopic (exact) mass is 339 g/mol. The van der Waals surface area contributed by atoms with E-state index in [0.29, 0.717) is 18.1 Å². The molecule has 0 aromatic carbocycles. The van der Waals surface area contributed by atoms with Crippen LogP contribution in [-0.4, -0.2) is 48.3 Å². The second kappa shape index (κ2) is 9.14. The van der Waals surface area contributed by atoms with Gasteiger partial charge in [0.2, 0.25) is 0 Å². The van der Waals surface area contributed by atoms with E-state index in [1.165, 1.54) is 19.5 Å². The zero-order chi connectivity index (χ0) is 18.2. The lowest BCUT2D eigenvalue weighted by molar-refractivity contribution is -0.133. The van der Waals surface area contributed by atoms with Crippen molar-refractivity contribution in [1.82, 2.24) is 20.8 Å². The number of ether oxygens (including phenoxy) is 2. The first kappa shape index (κ1) is 19.8. The third kappa shape index (κ3) is 6.88. The van der Waals surface area contributed by atoms with Crippen LogP contribution in [-0.2, 0) is 19.7 Å². The van der Waals surface area contributed by atoms with Gasteiger partial charge in [-0.3, -0.25) is 10.2 Å². The van der Waals surface area contributed by atoms with Crippen LogP contribution in [0.25, 0.3) is 0 Å². The van der Waals surface area contributed by atoms with E-state index in [1.807, 2.05) is 20.8 Å². The van der Waals surface area contributed by atoms with Crippen molar-refractivity contribution in [2.45, 2.75) is 39.2 Å². The Morgan fingerprint density at radius 2 is 1.79 bits per heavy atom. The third-order valence-electron chi connectivity index (χ3n) is 2.90. The van der Waals surface area contributed by atoms with Gasteiger partial charge in [-0.1, -0.05) is 20.8 Å². The number of anilines is 1. The van der Waals surface area contributed by atoms with Crippen LogP contribution in [0.3, 0.4) is 0 Å². The van der Waals surface area contributed by atoms with E-state index in [1.54, 1.807) is 6.92 Å². The predicted molar refractivity (Wildman–Crippen MR) is 88.3 cm³/mol. The first-order chi connectivity index (χ1) is 11.2. The molecule has 1 rings (SSSR count). The number of hydrazine groups is 1. The number of hydrogen-bond donors (Lipinski definition) is 3. The number of nitrogens with one attached hydrogen (secondary N) is 3. The molecule has 1 unspecified atom stereocenters. The summed E-state index contributed by atoms with van der Waals surface area (Å²) < 4.78 is 10.0. The van der Waals surface area contributed by atoms with E-state index in [4.69, 9.17) is 9.47 Å². The van der Waals surface area contributed by atoms with Gasteiger partial charge in [-0.05, 0) is 6.92 Å². The van der Waals surface area contributed by atoms with Gasteiger partial charge in [0.25, 0.3) is 5.91 Å². The van der Waals surface area contributed by atoms with Crippen LogP contribution in [0.15, 0.2) is 12.4 Å². The van der Waals surface area contributed by atoms with Gasteiger partial charge >= 0.3 is 6.03 Å². The Bertz CT molecular complexity index is 542. The molecule has 0 bridgehead atoms. The summed E-state index contributed by atoms with van der Waals surface area (Å²) in [5.41, 5.74) is 4.73. The summed E-state index contributed by atoms with van der Waals surface area (Å²) in [6.45, 7) is 8.23. The highest BCUT2D eigenvalue weighted by molar-refractivity contribution is 5.91. The zero-order valence-corrected chi connectivity index (χ0v) is 14.7. The standard InChI is InChI=1S/C15H25N5O4/c1-10(24-7-6-23-5)12(21)19-20-14(22)18-11-8-16-13(17-9-11)15(2,3)4/h8-10H,6-7H2,1-5H3,(H,19,21)(H2,18,20,22). The fourth-order valence-corrected chi connectivity index (χ4v) is 1.55. The number of rotatable bonds is 6. The minimum Gasteiger partial charge on any atom is -0.382 e. The van der Waals surface area contributed by atoms with Crippen LogP contribution in [0.1, 0.15) is 33.5 Å². The molecule has 0 aliphatic heterocycles. The van der Waals surface area contributed by atoms with Gasteiger partial charge in [-0.25, -0.2) is 20.2 Å². The van der Waals surface area contributed by atoms with E-state index in [2.05, 4.69) is 26.1 Å². The molecular weight excluding hydrogens is 314 g/mol. The van der Waals surface area contributed by atoms with Crippen LogP contribution < -0.4 is 16.2 Å². The molecule has 1 heterocycles. The number of carbonyl (C=O) groups is 2. The first-order valence-corrected chi connectivity index (χ1v) is 7.54. The topological polar surface area (TPSA) is 114 Å². The van der Waals surface area contributed by atoms with E-state index < -0.39 is 18.0 Å². The Morgan fingerprint density at radius 1 is 1.17 bits per heavy atom. The summed E-state index contributed by atoms with van der Waals surface area (Å²) >= 11 is 0. The summed E-state index contributed by atoms with van der Waals surface area (Å²) in [7, 11) is 1.54. The molecule has 0 aliphatic rings. The lowest BCUT2D eigenvalue weighted by Gasteiger charge is -2.16. The van der Waals surface area contributed by atoms with Crippen LogP contribution >= 0.6 is 0 Å². The van der Waals surface area contributed by atoms with Gasteiger partial charge in [0.05, 0.1) is 31.3 Å². The van der Waals surface area contributed by atoms with E-state index >= 15 is 0 Å². The summed E-state index contributed by atoms with van der Waals surface area (Å²) in [6.07, 6.45) is 2.30. The van der Waals surface area contributed by atoms with Crippen molar-refractivity contribution in [3.8, 4) is 0 Å². The van der Waals surface area contributed by atoms with Crippen LogP contribution in [0.5, 0.6) is 0 Å². The number of aromatic nitrogens is 2. The fraction of sp³-hybridized carbons (Fsp3) is 0.600. The lowest BCUT2D eigenvalue weighted by Crippen LogP contribution is -2.48. The van der Waals surface area contributed by atoms with Crippen molar-refractivity contribution in [2.24, 2.45) is 0 Å². The van der Waals surface area contributed by atoms with Crippen LogP contribution in [0.4, 0.5) is 10.5 Å². The Labute approximate surface area is 141 Å². The molecule has 134 valence electrons. The lowest BCUT2D eigenvalue weighted by atomic mass is 9.96. The van der Waals surface area contributed by atoms with Crippen molar-refractivity contribution in [3.63, 3.8) is 0 Å². The SMILES string of the molecule is COCCOC(C)C(=O)NNC(=O)Nc1cnc(C(C)(C)C)nc1. The van der Waals surface area contributed by atoms with Gasteiger partial charge in [0, 0.05) is 12.5 Å². The van der Waals surface area contributed by atoms with Crippen molar-refractivity contribution < 1.29 is 19.1 Å². The van der Waals surface area contributed by atoms with Crippen molar-refractivity contribution in [2.75, 3.05) is 25.6 Å². The minimum atomic E-state index is -0.713. The van der Waals surface area contributed by atoms with Gasteiger partial charge in [0.15, 0.2) is 0 Å². The minimum absolute atomic E-state index is 0.173. The molecule has 0 spiro atoms. The number of carbonyl (C=O) groups excluding carboxylic acids is 2. The summed E-state index contributed by atoms with van der Waals surface area (Å²) in [6, 6.07) is -0.612. The highest BCUT2D eigenvalue weighted by Gasteiger charge is 2.17. The summed E-state index contributed by atoms with van der Waals surface area (Å²) in [5, 5.41) is 2.52. The van der Waals surface area contributed by atoms with Gasteiger partial charge in [-0.15, -0.1) is 0 Å². The molecule has 1 aromatic rings. The molecule has 9 nitrogen and oxygen atoms in total. The average Bonchev–Trinajstić information content (AvgIpc) is 2.52. The summed E-state index contributed by atoms with van der Waals surface area (Å²) in [5.74, 6) is 0.198. The molecular formula is C15H25N5O4. The van der Waals surface area contributed by atoms with Gasteiger partial charge < -0.3 is 14.8 Å². The van der Waals surface area contributed by atoms with Crippen LogP contribution in [0.2, 0.25) is 0 Å². The first-order valence-electron chi connectivity index (χ1n) is 7.54. The van der Waals surface area contributed by atoms with E-state index in [9.17, 15) is 9.59 Å².